The van der Waals surface area contributed by atoms with Crippen molar-refractivity contribution in [3.05, 3.63) is 23.8 Å². The minimum absolute atomic E-state index is 0.765. The summed E-state index contributed by atoms with van der Waals surface area (Å²) in [5.41, 5.74) is 1.63. The molecule has 0 amide bonds. The fourth-order valence-corrected chi connectivity index (χ4v) is 2.64. The second-order valence-electron chi connectivity index (χ2n) is 5.23. The maximum absolute atomic E-state index is 2.48. The first-order chi connectivity index (χ1) is 6.75. The van der Waals surface area contributed by atoms with Crippen LogP contribution in [0.4, 0.5) is 0 Å². The van der Waals surface area contributed by atoms with E-state index in [0.29, 0.717) is 0 Å². The molecule has 2 aliphatic carbocycles. The summed E-state index contributed by atoms with van der Waals surface area (Å²) in [6, 6.07) is 0. The zero-order valence-electron chi connectivity index (χ0n) is 9.50. The van der Waals surface area contributed by atoms with Gasteiger partial charge in [-0.15, -0.1) is 0 Å². The molecular weight excluding hydrogens is 168 g/mol. The van der Waals surface area contributed by atoms with Crippen molar-refractivity contribution in [2.45, 2.75) is 46.0 Å². The maximum Gasteiger partial charge on any atom is -0.0165 e. The van der Waals surface area contributed by atoms with Gasteiger partial charge in [0.05, 0.1) is 0 Å². The Morgan fingerprint density at radius 3 is 2.36 bits per heavy atom. The lowest BCUT2D eigenvalue weighted by Gasteiger charge is -2.28. The molecule has 0 bridgehead atoms. The van der Waals surface area contributed by atoms with Crippen LogP contribution in [0.5, 0.6) is 0 Å². The third-order valence-electron chi connectivity index (χ3n) is 3.83. The van der Waals surface area contributed by atoms with Crippen LogP contribution in [0.1, 0.15) is 46.0 Å². The molecule has 1 fully saturated rings. The predicted molar refractivity (Wildman–Crippen MR) is 62.1 cm³/mol. The fraction of sp³-hybridized carbons (Fsp3) is 0.714. The largest absolute Gasteiger partial charge is 0.0811 e. The molecule has 78 valence electrons. The smallest absolute Gasteiger partial charge is 0.0165 e. The molecule has 0 spiro atoms. The summed E-state index contributed by atoms with van der Waals surface area (Å²) in [5, 5.41) is 0. The molecule has 14 heavy (non-hydrogen) atoms. The monoisotopic (exact) mass is 190 g/mol. The Bertz CT molecular complexity index is 239. The van der Waals surface area contributed by atoms with Crippen LogP contribution in [0.2, 0.25) is 0 Å². The summed E-state index contributed by atoms with van der Waals surface area (Å²) in [6.07, 6.45) is 14.2. The van der Waals surface area contributed by atoms with Gasteiger partial charge in [-0.25, -0.2) is 0 Å². The molecule has 0 heteroatoms. The first-order valence-corrected chi connectivity index (χ1v) is 6.14. The van der Waals surface area contributed by atoms with Gasteiger partial charge in [0, 0.05) is 0 Å². The Balaban J connectivity index is 1.93. The van der Waals surface area contributed by atoms with Crippen molar-refractivity contribution < 1.29 is 0 Å². The first-order valence-electron chi connectivity index (χ1n) is 6.14. The van der Waals surface area contributed by atoms with Gasteiger partial charge in [0.25, 0.3) is 0 Å². The zero-order valence-corrected chi connectivity index (χ0v) is 9.50. The Kier molecular flexibility index (Phi) is 3.10. The topological polar surface area (TPSA) is 0 Å². The van der Waals surface area contributed by atoms with E-state index in [9.17, 15) is 0 Å². The van der Waals surface area contributed by atoms with Crippen molar-refractivity contribution in [1.29, 1.82) is 0 Å². The van der Waals surface area contributed by atoms with Crippen LogP contribution in [-0.4, -0.2) is 0 Å². The van der Waals surface area contributed by atoms with Crippen molar-refractivity contribution in [1.82, 2.24) is 0 Å². The lowest BCUT2D eigenvalue weighted by Crippen LogP contribution is -2.14. The molecule has 0 nitrogen and oxygen atoms in total. The average Bonchev–Trinajstić information content (AvgIpc) is 2.21. The highest BCUT2D eigenvalue weighted by Crippen LogP contribution is 2.35. The molecule has 0 aromatic heterocycles. The van der Waals surface area contributed by atoms with Crippen LogP contribution in [0.15, 0.2) is 23.8 Å². The maximum atomic E-state index is 2.48. The average molecular weight is 190 g/mol. The Morgan fingerprint density at radius 2 is 1.79 bits per heavy atom. The van der Waals surface area contributed by atoms with Crippen molar-refractivity contribution in [3.63, 3.8) is 0 Å². The lowest BCUT2D eigenvalue weighted by molar-refractivity contribution is 0.322. The molecule has 0 aromatic carbocycles. The number of hydrogen-bond acceptors (Lipinski definition) is 0. The van der Waals surface area contributed by atoms with Gasteiger partial charge >= 0.3 is 0 Å². The Hall–Kier alpha value is -0.520. The summed E-state index contributed by atoms with van der Waals surface area (Å²) in [4.78, 5) is 0. The Morgan fingerprint density at radius 1 is 1.07 bits per heavy atom. The molecule has 0 aromatic rings. The normalized spacial score (nSPS) is 38.1. The van der Waals surface area contributed by atoms with E-state index in [1.165, 1.54) is 32.1 Å². The van der Waals surface area contributed by atoms with Crippen LogP contribution >= 0.6 is 0 Å². The van der Waals surface area contributed by atoms with E-state index in [4.69, 9.17) is 0 Å². The SMILES string of the molecule is CC1C=CC(C2CCC(C)CC2)=CC1. The second-order valence-corrected chi connectivity index (χ2v) is 5.23. The molecule has 0 saturated heterocycles. The van der Waals surface area contributed by atoms with Crippen LogP contribution in [0, 0.1) is 17.8 Å². The van der Waals surface area contributed by atoms with Gasteiger partial charge in [-0.3, -0.25) is 0 Å². The van der Waals surface area contributed by atoms with Crippen LogP contribution in [-0.2, 0) is 0 Å². The van der Waals surface area contributed by atoms with Gasteiger partial charge < -0.3 is 0 Å². The van der Waals surface area contributed by atoms with E-state index < -0.39 is 0 Å². The zero-order chi connectivity index (χ0) is 9.97. The van der Waals surface area contributed by atoms with Crippen LogP contribution in [0.3, 0.4) is 0 Å². The molecule has 1 unspecified atom stereocenters. The summed E-state index contributed by atoms with van der Waals surface area (Å²) in [5.74, 6) is 2.62. The third kappa shape index (κ3) is 2.29. The number of allylic oxidation sites excluding steroid dienone is 4. The minimum Gasteiger partial charge on any atom is -0.0811 e. The molecule has 1 saturated carbocycles. The highest BCUT2D eigenvalue weighted by atomic mass is 14.3. The van der Waals surface area contributed by atoms with Crippen LogP contribution in [0.25, 0.3) is 0 Å². The van der Waals surface area contributed by atoms with Gasteiger partial charge in [-0.1, -0.05) is 44.9 Å². The number of rotatable bonds is 1. The molecule has 0 radical (unpaired) electrons. The summed E-state index contributed by atoms with van der Waals surface area (Å²) >= 11 is 0. The number of hydrogen-bond donors (Lipinski definition) is 0. The van der Waals surface area contributed by atoms with Gasteiger partial charge in [0.1, 0.15) is 0 Å². The molecule has 1 atom stereocenters. The van der Waals surface area contributed by atoms with E-state index >= 15 is 0 Å². The fourth-order valence-electron chi connectivity index (χ4n) is 2.64. The molecule has 2 rings (SSSR count). The summed E-state index contributed by atoms with van der Waals surface area (Å²) in [6.45, 7) is 4.69. The highest BCUT2D eigenvalue weighted by Gasteiger charge is 2.21. The quantitative estimate of drug-likeness (QED) is 0.577. The van der Waals surface area contributed by atoms with Crippen molar-refractivity contribution in [3.8, 4) is 0 Å². The molecule has 0 heterocycles. The van der Waals surface area contributed by atoms with Crippen LogP contribution < -0.4 is 0 Å². The first kappa shape index (κ1) is 10.0. The van der Waals surface area contributed by atoms with Crippen molar-refractivity contribution in [2.75, 3.05) is 0 Å². The van der Waals surface area contributed by atoms with Gasteiger partial charge in [0.2, 0.25) is 0 Å². The van der Waals surface area contributed by atoms with Gasteiger partial charge in [-0.05, 0) is 42.6 Å². The summed E-state index contributed by atoms with van der Waals surface area (Å²) in [7, 11) is 0. The van der Waals surface area contributed by atoms with Gasteiger partial charge in [-0.2, -0.15) is 0 Å². The van der Waals surface area contributed by atoms with E-state index in [0.717, 1.165) is 17.8 Å². The van der Waals surface area contributed by atoms with E-state index in [2.05, 4.69) is 32.1 Å². The standard InChI is InChI=1S/C14H22/c1-11-3-7-13(8-4-11)14-9-5-12(2)6-10-14/h3,7-8,11-12,14H,4-6,9-10H2,1-2H3. The highest BCUT2D eigenvalue weighted by molar-refractivity contribution is 5.26. The Labute approximate surface area is 88.1 Å². The summed E-state index contributed by atoms with van der Waals surface area (Å²) < 4.78 is 0. The van der Waals surface area contributed by atoms with E-state index in [1.54, 1.807) is 5.57 Å². The molecule has 0 aliphatic heterocycles. The van der Waals surface area contributed by atoms with E-state index in [1.807, 2.05) is 0 Å². The lowest BCUT2D eigenvalue weighted by atomic mass is 9.77. The molecular formula is C14H22. The minimum atomic E-state index is 0.765. The van der Waals surface area contributed by atoms with Crippen molar-refractivity contribution >= 4 is 0 Å². The van der Waals surface area contributed by atoms with E-state index in [-0.39, 0.29) is 0 Å². The second kappa shape index (κ2) is 4.33. The van der Waals surface area contributed by atoms with Gasteiger partial charge in [0.15, 0.2) is 0 Å². The van der Waals surface area contributed by atoms with Crippen molar-refractivity contribution in [2.24, 2.45) is 17.8 Å². The third-order valence-corrected chi connectivity index (χ3v) is 3.83. The predicted octanol–water partition coefficient (Wildman–Crippen LogP) is 4.34. The molecule has 0 N–H and O–H groups in total. The molecule has 2 aliphatic rings.